The first-order valence-electron chi connectivity index (χ1n) is 10.1. The van der Waals surface area contributed by atoms with Gasteiger partial charge in [-0.15, -0.1) is 10.2 Å². The molecule has 1 saturated heterocycles. The Balaban J connectivity index is 1.53. The van der Waals surface area contributed by atoms with Gasteiger partial charge in [0.05, 0.1) is 11.4 Å². The Labute approximate surface area is 180 Å². The van der Waals surface area contributed by atoms with Crippen LogP contribution in [0, 0.1) is 0 Å². The number of thioether (sulfide) groups is 1. The molecule has 1 aliphatic heterocycles. The number of benzene rings is 2. The molecule has 0 spiro atoms. The van der Waals surface area contributed by atoms with Crippen molar-refractivity contribution < 1.29 is 9.53 Å². The monoisotopic (exact) mass is 420 g/mol. The summed E-state index contributed by atoms with van der Waals surface area (Å²) < 4.78 is 5.57. The SMILES string of the molecule is C[C@@H](Sc1nnc(-c2ccccc2)c(-c2ccccc2)n1)C(=O)NC[C@@H]1CCCO1. The van der Waals surface area contributed by atoms with E-state index in [1.54, 1.807) is 0 Å². The highest BCUT2D eigenvalue weighted by Crippen LogP contribution is 2.30. The third-order valence-electron chi connectivity index (χ3n) is 4.94. The molecule has 154 valence electrons. The molecule has 1 N–H and O–H groups in total. The Morgan fingerprint density at radius 2 is 1.73 bits per heavy atom. The maximum atomic E-state index is 12.5. The molecule has 2 aromatic carbocycles. The number of nitrogens with one attached hydrogen (secondary N) is 1. The van der Waals surface area contributed by atoms with Crippen LogP contribution in [0.2, 0.25) is 0 Å². The number of aromatic nitrogens is 3. The minimum atomic E-state index is -0.334. The number of carbonyl (C=O) groups excluding carboxylic acids is 1. The zero-order chi connectivity index (χ0) is 20.8. The van der Waals surface area contributed by atoms with E-state index in [2.05, 4.69) is 15.5 Å². The molecule has 1 amide bonds. The topological polar surface area (TPSA) is 77.0 Å². The van der Waals surface area contributed by atoms with E-state index in [0.29, 0.717) is 11.7 Å². The van der Waals surface area contributed by atoms with Gasteiger partial charge in [0.2, 0.25) is 11.1 Å². The van der Waals surface area contributed by atoms with E-state index in [-0.39, 0.29) is 17.3 Å². The number of hydrogen-bond acceptors (Lipinski definition) is 6. The molecule has 7 heteroatoms. The molecule has 1 fully saturated rings. The van der Waals surface area contributed by atoms with Gasteiger partial charge in [0.1, 0.15) is 11.4 Å². The van der Waals surface area contributed by atoms with Crippen molar-refractivity contribution in [3.8, 4) is 22.5 Å². The predicted molar refractivity (Wildman–Crippen MR) is 118 cm³/mol. The summed E-state index contributed by atoms with van der Waals surface area (Å²) in [4.78, 5) is 17.2. The molecule has 3 aromatic rings. The Morgan fingerprint density at radius 1 is 1.07 bits per heavy atom. The van der Waals surface area contributed by atoms with Crippen molar-refractivity contribution in [2.75, 3.05) is 13.2 Å². The van der Waals surface area contributed by atoms with E-state index in [1.807, 2.05) is 67.6 Å². The highest BCUT2D eigenvalue weighted by molar-refractivity contribution is 8.00. The van der Waals surface area contributed by atoms with Gasteiger partial charge in [-0.05, 0) is 19.8 Å². The minimum Gasteiger partial charge on any atom is -0.376 e. The Morgan fingerprint density at radius 3 is 2.37 bits per heavy atom. The van der Waals surface area contributed by atoms with Gasteiger partial charge >= 0.3 is 0 Å². The van der Waals surface area contributed by atoms with Gasteiger partial charge in [0.15, 0.2) is 0 Å². The molecule has 2 atom stereocenters. The average molecular weight is 421 g/mol. The van der Waals surface area contributed by atoms with E-state index in [4.69, 9.17) is 9.72 Å². The summed E-state index contributed by atoms with van der Waals surface area (Å²) in [7, 11) is 0. The molecule has 0 unspecified atom stereocenters. The van der Waals surface area contributed by atoms with E-state index in [9.17, 15) is 4.79 Å². The number of amides is 1. The van der Waals surface area contributed by atoms with Gasteiger partial charge in [0.25, 0.3) is 0 Å². The number of rotatable bonds is 7. The summed E-state index contributed by atoms with van der Waals surface area (Å²) in [5, 5.41) is 11.9. The lowest BCUT2D eigenvalue weighted by Crippen LogP contribution is -2.36. The largest absolute Gasteiger partial charge is 0.376 e. The lowest BCUT2D eigenvalue weighted by molar-refractivity contribution is -0.120. The van der Waals surface area contributed by atoms with Gasteiger partial charge in [0, 0.05) is 24.3 Å². The molecule has 4 rings (SSSR count). The summed E-state index contributed by atoms with van der Waals surface area (Å²) >= 11 is 1.31. The van der Waals surface area contributed by atoms with Crippen LogP contribution in [0.1, 0.15) is 19.8 Å². The van der Waals surface area contributed by atoms with Crippen LogP contribution in [0.15, 0.2) is 65.8 Å². The van der Waals surface area contributed by atoms with Crippen LogP contribution in [0.4, 0.5) is 0 Å². The summed E-state index contributed by atoms with van der Waals surface area (Å²) in [6.45, 7) is 3.18. The van der Waals surface area contributed by atoms with E-state index in [1.165, 1.54) is 11.8 Å². The second-order valence-electron chi connectivity index (χ2n) is 7.16. The van der Waals surface area contributed by atoms with Crippen molar-refractivity contribution in [1.29, 1.82) is 0 Å². The third-order valence-corrected chi connectivity index (χ3v) is 5.89. The van der Waals surface area contributed by atoms with Crippen LogP contribution in [0.3, 0.4) is 0 Å². The van der Waals surface area contributed by atoms with Crippen molar-refractivity contribution in [3.05, 3.63) is 60.7 Å². The van der Waals surface area contributed by atoms with E-state index < -0.39 is 0 Å². The first-order chi connectivity index (χ1) is 14.7. The summed E-state index contributed by atoms with van der Waals surface area (Å²) in [5.74, 6) is -0.0486. The Kier molecular flexibility index (Phi) is 6.71. The third kappa shape index (κ3) is 5.04. The first-order valence-corrected chi connectivity index (χ1v) is 11.0. The molecule has 30 heavy (non-hydrogen) atoms. The van der Waals surface area contributed by atoms with Gasteiger partial charge < -0.3 is 10.1 Å². The maximum Gasteiger partial charge on any atom is 0.233 e. The van der Waals surface area contributed by atoms with Gasteiger partial charge in [-0.1, -0.05) is 72.4 Å². The molecular formula is C23H24N4O2S. The second-order valence-corrected chi connectivity index (χ2v) is 8.47. The first kappa shape index (κ1) is 20.5. The highest BCUT2D eigenvalue weighted by atomic mass is 32.2. The Hall–Kier alpha value is -2.77. The maximum absolute atomic E-state index is 12.5. The molecule has 0 saturated carbocycles. The molecule has 2 heterocycles. The molecule has 1 aromatic heterocycles. The van der Waals surface area contributed by atoms with Gasteiger partial charge in [-0.25, -0.2) is 4.98 Å². The molecular weight excluding hydrogens is 396 g/mol. The summed E-state index contributed by atoms with van der Waals surface area (Å²) in [6, 6.07) is 19.8. The van der Waals surface area contributed by atoms with Crippen molar-refractivity contribution in [1.82, 2.24) is 20.5 Å². The molecule has 6 nitrogen and oxygen atoms in total. The second kappa shape index (κ2) is 9.82. The molecule has 0 aliphatic carbocycles. The average Bonchev–Trinajstić information content (AvgIpc) is 3.32. The standard InChI is InChI=1S/C23H24N4O2S/c1-16(22(28)24-15-19-13-8-14-29-19)30-23-25-20(17-9-4-2-5-10-17)21(26-27-23)18-11-6-3-7-12-18/h2-7,9-12,16,19H,8,13-15H2,1H3,(H,24,28)/t16-,19+/m1/s1. The van der Waals surface area contributed by atoms with Gasteiger partial charge in [-0.3, -0.25) is 4.79 Å². The normalized spacial score (nSPS) is 16.9. The number of carbonyl (C=O) groups is 1. The molecule has 1 aliphatic rings. The lowest BCUT2D eigenvalue weighted by Gasteiger charge is -2.15. The quantitative estimate of drug-likeness (QED) is 0.583. The summed E-state index contributed by atoms with van der Waals surface area (Å²) in [5.41, 5.74) is 3.40. The number of hydrogen-bond donors (Lipinski definition) is 1. The van der Waals surface area contributed by atoms with Gasteiger partial charge in [-0.2, -0.15) is 0 Å². The lowest BCUT2D eigenvalue weighted by atomic mass is 10.0. The van der Waals surface area contributed by atoms with Crippen molar-refractivity contribution in [2.45, 2.75) is 36.3 Å². The van der Waals surface area contributed by atoms with Crippen LogP contribution in [0.25, 0.3) is 22.5 Å². The van der Waals surface area contributed by atoms with Crippen LogP contribution >= 0.6 is 11.8 Å². The Bertz CT molecular complexity index is 979. The van der Waals surface area contributed by atoms with Crippen LogP contribution in [-0.4, -0.2) is 45.6 Å². The fraction of sp³-hybridized carbons (Fsp3) is 0.304. The fourth-order valence-corrected chi connectivity index (χ4v) is 4.06. The van der Waals surface area contributed by atoms with Crippen LogP contribution in [0.5, 0.6) is 0 Å². The zero-order valence-electron chi connectivity index (χ0n) is 16.8. The number of ether oxygens (including phenoxy) is 1. The smallest absolute Gasteiger partial charge is 0.233 e. The van der Waals surface area contributed by atoms with Crippen LogP contribution < -0.4 is 5.32 Å². The fourth-order valence-electron chi connectivity index (χ4n) is 3.32. The minimum absolute atomic E-state index is 0.0486. The van der Waals surface area contributed by atoms with E-state index >= 15 is 0 Å². The highest BCUT2D eigenvalue weighted by Gasteiger charge is 2.21. The van der Waals surface area contributed by atoms with E-state index in [0.717, 1.165) is 42.0 Å². The molecule has 0 radical (unpaired) electrons. The zero-order valence-corrected chi connectivity index (χ0v) is 17.6. The number of nitrogens with zero attached hydrogens (tertiary/aromatic N) is 3. The van der Waals surface area contributed by atoms with Crippen molar-refractivity contribution >= 4 is 17.7 Å². The summed E-state index contributed by atoms with van der Waals surface area (Å²) in [6.07, 6.45) is 2.18. The van der Waals surface area contributed by atoms with Crippen LogP contribution in [-0.2, 0) is 9.53 Å². The predicted octanol–water partition coefficient (Wildman–Crippen LogP) is 3.98. The van der Waals surface area contributed by atoms with Crippen molar-refractivity contribution in [3.63, 3.8) is 0 Å². The molecule has 0 bridgehead atoms. The van der Waals surface area contributed by atoms with Crippen molar-refractivity contribution in [2.24, 2.45) is 0 Å².